The molecule has 0 aliphatic carbocycles. The van der Waals surface area contributed by atoms with E-state index in [2.05, 4.69) is 9.88 Å². The fourth-order valence-corrected chi connectivity index (χ4v) is 4.29. The molecule has 1 saturated heterocycles. The number of halogens is 1. The lowest BCUT2D eigenvalue weighted by atomic mass is 10.3. The first-order chi connectivity index (χ1) is 11.1. The average Bonchev–Trinajstić information content (AvgIpc) is 3.11. The highest BCUT2D eigenvalue weighted by atomic mass is 35.5. The molecule has 2 heterocycles. The van der Waals surface area contributed by atoms with E-state index >= 15 is 0 Å². The highest BCUT2D eigenvalue weighted by Gasteiger charge is 2.26. The maximum atomic E-state index is 12.6. The molecule has 1 aromatic heterocycles. The Labute approximate surface area is 149 Å². The molecule has 0 bridgehead atoms. The molecule has 0 saturated carbocycles. The monoisotopic (exact) mass is 367 g/mol. The van der Waals surface area contributed by atoms with Crippen LogP contribution in [0.4, 0.5) is 5.13 Å². The number of rotatable bonds is 4. The van der Waals surface area contributed by atoms with Crippen LogP contribution in [0.3, 0.4) is 0 Å². The normalized spacial score (nSPS) is 16.4. The number of benzene rings is 1. The van der Waals surface area contributed by atoms with Gasteiger partial charge in [0, 0.05) is 47.7 Å². The molecule has 1 aromatic carbocycles. The van der Waals surface area contributed by atoms with Gasteiger partial charge in [0.15, 0.2) is 5.13 Å². The number of amides is 1. The molecule has 1 atom stereocenters. The lowest BCUT2D eigenvalue weighted by molar-refractivity contribution is -0.130. The van der Waals surface area contributed by atoms with Crippen molar-refractivity contribution < 1.29 is 4.79 Å². The Morgan fingerprint density at radius 3 is 2.57 bits per heavy atom. The van der Waals surface area contributed by atoms with Crippen LogP contribution in [0.25, 0.3) is 0 Å². The Hall–Kier alpha value is -1.24. The van der Waals surface area contributed by atoms with Gasteiger partial charge in [-0.3, -0.25) is 4.79 Å². The molecule has 0 N–H and O–H groups in total. The van der Waals surface area contributed by atoms with E-state index in [9.17, 15) is 4.79 Å². The van der Waals surface area contributed by atoms with Gasteiger partial charge in [-0.2, -0.15) is 0 Å². The van der Waals surface area contributed by atoms with Gasteiger partial charge in [0.25, 0.3) is 0 Å². The van der Waals surface area contributed by atoms with Gasteiger partial charge in [-0.05, 0) is 31.2 Å². The Bertz CT molecular complexity index is 640. The van der Waals surface area contributed by atoms with Crippen molar-refractivity contribution in [1.29, 1.82) is 0 Å². The number of nitrogens with zero attached hydrogens (tertiary/aromatic N) is 3. The molecule has 23 heavy (non-hydrogen) atoms. The minimum Gasteiger partial charge on any atom is -0.345 e. The molecule has 1 aliphatic heterocycles. The summed E-state index contributed by atoms with van der Waals surface area (Å²) in [5.74, 6) is 0.198. The molecule has 0 spiro atoms. The minimum atomic E-state index is -0.0948. The van der Waals surface area contributed by atoms with Crippen molar-refractivity contribution in [2.24, 2.45) is 0 Å². The van der Waals surface area contributed by atoms with Crippen molar-refractivity contribution in [3.8, 4) is 0 Å². The second kappa shape index (κ2) is 7.55. The van der Waals surface area contributed by atoms with Crippen LogP contribution in [-0.2, 0) is 4.79 Å². The van der Waals surface area contributed by atoms with Crippen LogP contribution in [0.2, 0.25) is 5.02 Å². The second-order valence-electron chi connectivity index (χ2n) is 5.34. The van der Waals surface area contributed by atoms with E-state index < -0.39 is 0 Å². The Kier molecular flexibility index (Phi) is 5.46. The zero-order chi connectivity index (χ0) is 16.2. The third-order valence-corrected chi connectivity index (χ3v) is 5.94. The highest BCUT2D eigenvalue weighted by molar-refractivity contribution is 8.00. The molecular weight excluding hydrogens is 350 g/mol. The molecule has 4 nitrogen and oxygen atoms in total. The number of hydrogen-bond donors (Lipinski definition) is 0. The summed E-state index contributed by atoms with van der Waals surface area (Å²) in [5.41, 5.74) is 0. The third kappa shape index (κ3) is 4.19. The van der Waals surface area contributed by atoms with Gasteiger partial charge in [-0.15, -0.1) is 23.1 Å². The molecule has 1 aliphatic rings. The molecular formula is C16H18ClN3OS2. The summed E-state index contributed by atoms with van der Waals surface area (Å²) in [6, 6.07) is 7.62. The molecule has 122 valence electrons. The zero-order valence-corrected chi connectivity index (χ0v) is 15.2. The van der Waals surface area contributed by atoms with Gasteiger partial charge in [-0.1, -0.05) is 11.6 Å². The Morgan fingerprint density at radius 1 is 1.26 bits per heavy atom. The predicted molar refractivity (Wildman–Crippen MR) is 97.7 cm³/mol. The van der Waals surface area contributed by atoms with Crippen LogP contribution >= 0.6 is 34.7 Å². The van der Waals surface area contributed by atoms with Crippen molar-refractivity contribution >= 4 is 45.7 Å². The van der Waals surface area contributed by atoms with E-state index in [0.717, 1.165) is 36.2 Å². The number of thioether (sulfide) groups is 1. The molecule has 1 fully saturated rings. The summed E-state index contributed by atoms with van der Waals surface area (Å²) < 4.78 is 0. The molecule has 1 amide bonds. The first-order valence-electron chi connectivity index (χ1n) is 7.49. The van der Waals surface area contributed by atoms with Crippen LogP contribution in [0.1, 0.15) is 6.92 Å². The molecule has 2 aromatic rings. The first kappa shape index (κ1) is 16.6. The van der Waals surface area contributed by atoms with E-state index in [0.29, 0.717) is 5.02 Å². The van der Waals surface area contributed by atoms with Crippen LogP contribution in [0, 0.1) is 0 Å². The molecule has 0 unspecified atom stereocenters. The smallest absolute Gasteiger partial charge is 0.235 e. The largest absolute Gasteiger partial charge is 0.345 e. The maximum absolute atomic E-state index is 12.6. The molecule has 7 heteroatoms. The first-order valence-corrected chi connectivity index (χ1v) is 9.62. The summed E-state index contributed by atoms with van der Waals surface area (Å²) in [6.45, 7) is 5.16. The zero-order valence-electron chi connectivity index (χ0n) is 12.8. The minimum absolute atomic E-state index is 0.0948. The number of carbonyl (C=O) groups is 1. The van der Waals surface area contributed by atoms with Gasteiger partial charge in [0.1, 0.15) is 0 Å². The number of thiazole rings is 1. The summed E-state index contributed by atoms with van der Waals surface area (Å²) in [7, 11) is 0. The standard InChI is InChI=1S/C16H18ClN3OS2/c1-12(23-14-4-2-13(17)3-5-14)15(21)19-7-9-20(10-8-19)16-18-6-11-22-16/h2-6,11-12H,7-10H2,1H3/t12-/m0/s1. The fourth-order valence-electron chi connectivity index (χ4n) is 2.52. The topological polar surface area (TPSA) is 36.4 Å². The van der Waals surface area contributed by atoms with Crippen molar-refractivity contribution in [3.63, 3.8) is 0 Å². The number of carbonyl (C=O) groups excluding carboxylic acids is 1. The third-order valence-electron chi connectivity index (χ3n) is 3.76. The molecule has 0 radical (unpaired) electrons. The lowest BCUT2D eigenvalue weighted by Gasteiger charge is -2.35. The van der Waals surface area contributed by atoms with Gasteiger partial charge in [0.2, 0.25) is 5.91 Å². The quantitative estimate of drug-likeness (QED) is 0.773. The van der Waals surface area contributed by atoms with Crippen LogP contribution < -0.4 is 4.90 Å². The van der Waals surface area contributed by atoms with Gasteiger partial charge in [-0.25, -0.2) is 4.98 Å². The average molecular weight is 368 g/mol. The number of anilines is 1. The van der Waals surface area contributed by atoms with Crippen LogP contribution in [0.5, 0.6) is 0 Å². The van der Waals surface area contributed by atoms with Crippen molar-refractivity contribution in [1.82, 2.24) is 9.88 Å². The van der Waals surface area contributed by atoms with E-state index in [1.54, 1.807) is 23.1 Å². The van der Waals surface area contributed by atoms with E-state index in [-0.39, 0.29) is 11.2 Å². The van der Waals surface area contributed by atoms with Gasteiger partial charge < -0.3 is 9.80 Å². The highest BCUT2D eigenvalue weighted by Crippen LogP contribution is 2.26. The second-order valence-corrected chi connectivity index (χ2v) is 8.06. The van der Waals surface area contributed by atoms with E-state index in [1.165, 1.54) is 0 Å². The fraction of sp³-hybridized carbons (Fsp3) is 0.375. The van der Waals surface area contributed by atoms with Crippen molar-refractivity contribution in [3.05, 3.63) is 40.9 Å². The number of piperazine rings is 1. The van der Waals surface area contributed by atoms with Crippen molar-refractivity contribution in [2.45, 2.75) is 17.1 Å². The predicted octanol–water partition coefficient (Wildman–Crippen LogP) is 3.63. The van der Waals surface area contributed by atoms with Crippen LogP contribution in [0.15, 0.2) is 40.7 Å². The Morgan fingerprint density at radius 2 is 1.96 bits per heavy atom. The summed E-state index contributed by atoms with van der Waals surface area (Å²) in [5, 5.41) is 3.65. The summed E-state index contributed by atoms with van der Waals surface area (Å²) in [4.78, 5) is 22.2. The van der Waals surface area contributed by atoms with E-state index in [1.807, 2.05) is 47.7 Å². The summed E-state index contributed by atoms with van der Waals surface area (Å²) in [6.07, 6.45) is 1.82. The molecule has 3 rings (SSSR count). The summed E-state index contributed by atoms with van der Waals surface area (Å²) >= 11 is 9.12. The van der Waals surface area contributed by atoms with Gasteiger partial charge in [0.05, 0.1) is 5.25 Å². The number of aromatic nitrogens is 1. The van der Waals surface area contributed by atoms with Crippen LogP contribution in [-0.4, -0.2) is 47.2 Å². The van der Waals surface area contributed by atoms with E-state index in [4.69, 9.17) is 11.6 Å². The number of hydrogen-bond acceptors (Lipinski definition) is 5. The maximum Gasteiger partial charge on any atom is 0.235 e. The SMILES string of the molecule is C[C@H](Sc1ccc(Cl)cc1)C(=O)N1CCN(c2nccs2)CC1. The van der Waals surface area contributed by atoms with Crippen molar-refractivity contribution in [2.75, 3.05) is 31.1 Å². The lowest BCUT2D eigenvalue weighted by Crippen LogP contribution is -2.50. The Balaban J connectivity index is 1.53. The van der Waals surface area contributed by atoms with Gasteiger partial charge >= 0.3 is 0 Å².